The zero-order valence-electron chi connectivity index (χ0n) is 14.1. The van der Waals surface area contributed by atoms with Crippen molar-refractivity contribution >= 4 is 35.6 Å². The van der Waals surface area contributed by atoms with Gasteiger partial charge in [-0.25, -0.2) is 0 Å². The molecule has 3 aliphatic heterocycles. The fourth-order valence-electron chi connectivity index (χ4n) is 5.09. The van der Waals surface area contributed by atoms with Crippen molar-refractivity contribution in [2.75, 3.05) is 0 Å². The molecular formula is C17H30BNS2. The van der Waals surface area contributed by atoms with E-state index in [1.54, 1.807) is 0 Å². The van der Waals surface area contributed by atoms with Crippen LogP contribution in [0.25, 0.3) is 0 Å². The Balaban J connectivity index is 1.73. The smallest absolute Gasteiger partial charge is 0.137 e. The van der Waals surface area contributed by atoms with Crippen molar-refractivity contribution in [3.05, 3.63) is 0 Å². The summed E-state index contributed by atoms with van der Waals surface area (Å²) < 4.78 is 1.17. The van der Waals surface area contributed by atoms with Gasteiger partial charge in [0.1, 0.15) is 11.6 Å². The third-order valence-corrected chi connectivity index (χ3v) is 8.13. The minimum absolute atomic E-state index is 0.569. The fraction of sp³-hybridized carbons (Fsp3) is 0.941. The lowest BCUT2D eigenvalue weighted by Gasteiger charge is -2.52. The van der Waals surface area contributed by atoms with Crippen LogP contribution in [0.1, 0.15) is 66.2 Å². The van der Waals surface area contributed by atoms with E-state index < -0.39 is 0 Å². The van der Waals surface area contributed by atoms with E-state index in [1.807, 2.05) is 11.8 Å². The molecule has 0 radical (unpaired) electrons. The summed E-state index contributed by atoms with van der Waals surface area (Å²) >= 11 is 7.71. The molecule has 4 aliphatic rings. The van der Waals surface area contributed by atoms with Gasteiger partial charge in [-0.15, -0.1) is 0 Å². The normalized spacial score (nSPS) is 40.0. The van der Waals surface area contributed by atoms with Gasteiger partial charge in [0.2, 0.25) is 0 Å². The van der Waals surface area contributed by atoms with E-state index >= 15 is 0 Å². The Morgan fingerprint density at radius 3 is 2.62 bits per heavy atom. The quantitative estimate of drug-likeness (QED) is 0.527. The Labute approximate surface area is 141 Å². The van der Waals surface area contributed by atoms with Crippen molar-refractivity contribution in [1.29, 1.82) is 0 Å². The second kappa shape index (κ2) is 6.07. The second-order valence-corrected chi connectivity index (χ2v) is 10.1. The van der Waals surface area contributed by atoms with E-state index in [-0.39, 0.29) is 0 Å². The number of thiocarbonyl (C=S) groups is 1. The van der Waals surface area contributed by atoms with E-state index in [4.69, 9.17) is 12.2 Å². The largest absolute Gasteiger partial charge is 0.351 e. The van der Waals surface area contributed by atoms with Gasteiger partial charge in [-0.3, -0.25) is 0 Å². The first-order valence-electron chi connectivity index (χ1n) is 8.92. The van der Waals surface area contributed by atoms with Crippen LogP contribution in [-0.2, 0) is 0 Å². The van der Waals surface area contributed by atoms with Crippen molar-refractivity contribution < 1.29 is 0 Å². The van der Waals surface area contributed by atoms with Gasteiger partial charge in [-0.2, -0.15) is 0 Å². The van der Waals surface area contributed by atoms with Gasteiger partial charge >= 0.3 is 0 Å². The molecule has 0 spiro atoms. The Morgan fingerprint density at radius 2 is 2.00 bits per heavy atom. The van der Waals surface area contributed by atoms with Gasteiger partial charge in [-0.1, -0.05) is 74.6 Å². The molecule has 1 nitrogen and oxygen atoms in total. The monoisotopic (exact) mass is 323 g/mol. The molecule has 3 saturated heterocycles. The van der Waals surface area contributed by atoms with Gasteiger partial charge < -0.3 is 4.90 Å². The molecule has 4 fully saturated rings. The molecule has 4 unspecified atom stereocenters. The molecule has 0 aromatic carbocycles. The van der Waals surface area contributed by atoms with Crippen molar-refractivity contribution in [3.63, 3.8) is 0 Å². The molecule has 0 aromatic rings. The summed E-state index contributed by atoms with van der Waals surface area (Å²) in [5.41, 5.74) is 0. The molecule has 0 N–H and O–H groups in total. The average Bonchev–Trinajstić information content (AvgIpc) is 2.67. The maximum atomic E-state index is 5.69. The summed E-state index contributed by atoms with van der Waals surface area (Å²) in [5.74, 6) is 1.84. The zero-order chi connectivity index (χ0) is 15.2. The highest BCUT2D eigenvalue weighted by atomic mass is 32.2. The number of thioether (sulfide) groups is 1. The Hall–Kier alpha value is 0.305. The van der Waals surface area contributed by atoms with Crippen molar-refractivity contribution in [2.24, 2.45) is 5.92 Å². The van der Waals surface area contributed by atoms with E-state index in [1.165, 1.54) is 50.1 Å². The molecule has 0 aromatic heterocycles. The van der Waals surface area contributed by atoms with Crippen LogP contribution in [0, 0.1) is 5.92 Å². The van der Waals surface area contributed by atoms with Crippen molar-refractivity contribution in [2.45, 2.75) is 94.7 Å². The summed E-state index contributed by atoms with van der Waals surface area (Å²) in [6, 6.07) is 1.29. The van der Waals surface area contributed by atoms with Gasteiger partial charge in [0.05, 0.1) is 0 Å². The molecule has 1 aliphatic carbocycles. The van der Waals surface area contributed by atoms with Crippen LogP contribution in [0.3, 0.4) is 0 Å². The first-order chi connectivity index (χ1) is 9.93. The molecule has 118 valence electrons. The minimum Gasteiger partial charge on any atom is -0.351 e. The summed E-state index contributed by atoms with van der Waals surface area (Å²) in [7, 11) is 1.49. The number of nitrogens with zero attached hydrogens (tertiary/aromatic N) is 1. The molecule has 4 atom stereocenters. The highest BCUT2D eigenvalue weighted by Gasteiger charge is 2.50. The average molecular weight is 323 g/mol. The van der Waals surface area contributed by atoms with Crippen LogP contribution in [0.4, 0.5) is 0 Å². The van der Waals surface area contributed by atoms with Gasteiger partial charge in [0.15, 0.2) is 0 Å². The van der Waals surface area contributed by atoms with E-state index in [9.17, 15) is 0 Å². The lowest BCUT2D eigenvalue weighted by molar-refractivity contribution is 0.221. The molecule has 1 saturated carbocycles. The van der Waals surface area contributed by atoms with Gasteiger partial charge in [0.25, 0.3) is 0 Å². The molecule has 4 heteroatoms. The van der Waals surface area contributed by atoms with Gasteiger partial charge in [-0.05, 0) is 32.6 Å². The first-order valence-corrected chi connectivity index (χ1v) is 10.2. The zero-order valence-corrected chi connectivity index (χ0v) is 15.7. The summed E-state index contributed by atoms with van der Waals surface area (Å²) in [6.07, 6.45) is 8.55. The van der Waals surface area contributed by atoms with Crippen LogP contribution >= 0.6 is 24.0 Å². The highest BCUT2D eigenvalue weighted by Crippen LogP contribution is 2.60. The van der Waals surface area contributed by atoms with Crippen LogP contribution in [0.5, 0.6) is 0 Å². The van der Waals surface area contributed by atoms with E-state index in [2.05, 4.69) is 32.6 Å². The standard InChI is InChI=1S/C17H30BNS2/c1-11(2)17-8-6-5-7-14-15(9-13(10-17)18-17)21-16(20)19(14)12(3)4/h11-15,18H,5-10H2,1-4H3. The Bertz CT molecular complexity index is 404. The predicted octanol–water partition coefficient (Wildman–Crippen LogP) is 4.87. The Kier molecular flexibility index (Phi) is 4.68. The van der Waals surface area contributed by atoms with Crippen LogP contribution < -0.4 is 0 Å². The number of hydrogen-bond donors (Lipinski definition) is 0. The first kappa shape index (κ1) is 16.2. The topological polar surface area (TPSA) is 3.24 Å². The maximum Gasteiger partial charge on any atom is 0.137 e. The summed E-state index contributed by atoms with van der Waals surface area (Å²) in [4.78, 5) is 2.56. The molecule has 4 rings (SSSR count). The molecule has 2 bridgehead atoms. The van der Waals surface area contributed by atoms with E-state index in [0.717, 1.165) is 23.0 Å². The van der Waals surface area contributed by atoms with Crippen molar-refractivity contribution in [3.8, 4) is 0 Å². The van der Waals surface area contributed by atoms with Crippen molar-refractivity contribution in [1.82, 2.24) is 4.90 Å². The lowest BCUT2D eigenvalue weighted by Crippen LogP contribution is -2.45. The summed E-state index contributed by atoms with van der Waals surface area (Å²) in [5, 5.41) is 1.46. The lowest BCUT2D eigenvalue weighted by atomic mass is 9.27. The number of fused-ring (bicyclic) bond motifs is 3. The Morgan fingerprint density at radius 1 is 1.29 bits per heavy atom. The highest BCUT2D eigenvalue weighted by molar-refractivity contribution is 8.23. The molecule has 0 amide bonds. The molecular weight excluding hydrogens is 293 g/mol. The third kappa shape index (κ3) is 2.92. The SMILES string of the molecule is CC(C)N1C(=S)SC2CC3BC(C(C)C)(CCCCC21)C3. The molecule has 21 heavy (non-hydrogen) atoms. The maximum absolute atomic E-state index is 5.69. The van der Waals surface area contributed by atoms with Crippen LogP contribution in [0.15, 0.2) is 0 Å². The van der Waals surface area contributed by atoms with Gasteiger partial charge in [0, 0.05) is 17.3 Å². The van der Waals surface area contributed by atoms with E-state index in [0.29, 0.717) is 11.4 Å². The number of rotatable bonds is 2. The second-order valence-electron chi connectivity index (χ2n) is 8.26. The third-order valence-electron chi connectivity index (χ3n) is 6.41. The van der Waals surface area contributed by atoms with Crippen LogP contribution in [-0.4, -0.2) is 33.8 Å². The number of hydrogen-bond acceptors (Lipinski definition) is 2. The minimum atomic E-state index is 0.569. The molecule has 3 heterocycles. The predicted molar refractivity (Wildman–Crippen MR) is 101 cm³/mol. The van der Waals surface area contributed by atoms with Crippen LogP contribution in [0.2, 0.25) is 11.1 Å². The fourth-order valence-corrected chi connectivity index (χ4v) is 7.32. The summed E-state index contributed by atoms with van der Waals surface area (Å²) in [6.45, 7) is 9.51.